The lowest BCUT2D eigenvalue weighted by atomic mass is 10.3. The van der Waals surface area contributed by atoms with Crippen molar-refractivity contribution in [2.75, 3.05) is 0 Å². The first kappa shape index (κ1) is 7.97. The molecule has 0 spiro atoms. The molecule has 2 heterocycles. The zero-order valence-electron chi connectivity index (χ0n) is 6.87. The zero-order valence-corrected chi connectivity index (χ0v) is 9.03. The highest BCUT2D eigenvalue weighted by molar-refractivity contribution is 14.1. The number of pyridine rings is 1. The Morgan fingerprint density at radius 1 is 1.42 bits per heavy atom. The molecule has 12 heavy (non-hydrogen) atoms. The van der Waals surface area contributed by atoms with Gasteiger partial charge in [0.05, 0.1) is 11.2 Å². The standard InChI is InChI=1S/C8H8IN3/c1-5-8-6(12(2)11-5)3-4-7(9)10-8/h3-4H,1-2H3. The Labute approximate surface area is 83.9 Å². The molecule has 0 aliphatic rings. The van der Waals surface area contributed by atoms with Gasteiger partial charge in [-0.05, 0) is 41.6 Å². The van der Waals surface area contributed by atoms with Crippen molar-refractivity contribution in [1.82, 2.24) is 14.8 Å². The fourth-order valence-electron chi connectivity index (χ4n) is 1.28. The molecule has 62 valence electrons. The van der Waals surface area contributed by atoms with E-state index in [4.69, 9.17) is 0 Å². The van der Waals surface area contributed by atoms with Crippen LogP contribution in [0.4, 0.5) is 0 Å². The molecule has 0 fully saturated rings. The molecular weight excluding hydrogens is 265 g/mol. The van der Waals surface area contributed by atoms with E-state index < -0.39 is 0 Å². The van der Waals surface area contributed by atoms with Crippen LogP contribution in [0.2, 0.25) is 0 Å². The lowest BCUT2D eigenvalue weighted by molar-refractivity contribution is 0.783. The van der Waals surface area contributed by atoms with Crippen LogP contribution in [0, 0.1) is 10.6 Å². The van der Waals surface area contributed by atoms with Crippen molar-refractivity contribution in [1.29, 1.82) is 0 Å². The van der Waals surface area contributed by atoms with E-state index in [9.17, 15) is 0 Å². The molecular formula is C8H8IN3. The number of halogens is 1. The molecule has 2 aromatic rings. The molecule has 0 bridgehead atoms. The van der Waals surface area contributed by atoms with Crippen molar-refractivity contribution in [3.05, 3.63) is 21.5 Å². The molecule has 0 atom stereocenters. The van der Waals surface area contributed by atoms with Crippen LogP contribution in [0.25, 0.3) is 11.0 Å². The molecule has 0 aliphatic heterocycles. The maximum absolute atomic E-state index is 4.40. The zero-order chi connectivity index (χ0) is 8.72. The maximum Gasteiger partial charge on any atom is 0.112 e. The second kappa shape index (κ2) is 2.69. The molecule has 4 heteroatoms. The highest BCUT2D eigenvalue weighted by Crippen LogP contribution is 2.15. The fourth-order valence-corrected chi connectivity index (χ4v) is 1.70. The van der Waals surface area contributed by atoms with Gasteiger partial charge in [-0.25, -0.2) is 4.98 Å². The normalized spacial score (nSPS) is 10.9. The van der Waals surface area contributed by atoms with E-state index in [1.165, 1.54) is 0 Å². The number of hydrogen-bond donors (Lipinski definition) is 0. The molecule has 2 aromatic heterocycles. The Kier molecular flexibility index (Phi) is 1.79. The number of rotatable bonds is 0. The number of aryl methyl sites for hydroxylation is 2. The predicted octanol–water partition coefficient (Wildman–Crippen LogP) is 1.88. The van der Waals surface area contributed by atoms with E-state index in [1.54, 1.807) is 0 Å². The van der Waals surface area contributed by atoms with Crippen LogP contribution in [-0.2, 0) is 7.05 Å². The van der Waals surface area contributed by atoms with Gasteiger partial charge in [0.25, 0.3) is 0 Å². The lowest BCUT2D eigenvalue weighted by Gasteiger charge is -1.92. The lowest BCUT2D eigenvalue weighted by Crippen LogP contribution is -1.89. The minimum absolute atomic E-state index is 0.992. The van der Waals surface area contributed by atoms with Gasteiger partial charge >= 0.3 is 0 Å². The molecule has 0 saturated carbocycles. The maximum atomic E-state index is 4.40. The van der Waals surface area contributed by atoms with E-state index in [1.807, 2.05) is 30.8 Å². The van der Waals surface area contributed by atoms with Crippen molar-refractivity contribution in [2.24, 2.45) is 7.05 Å². The minimum atomic E-state index is 0.992. The Bertz CT molecular complexity index is 433. The average Bonchev–Trinajstić information content (AvgIpc) is 2.28. The van der Waals surface area contributed by atoms with Gasteiger partial charge in [-0.3, -0.25) is 4.68 Å². The summed E-state index contributed by atoms with van der Waals surface area (Å²) in [7, 11) is 1.93. The fraction of sp³-hybridized carbons (Fsp3) is 0.250. The third-order valence-corrected chi connectivity index (χ3v) is 2.43. The summed E-state index contributed by atoms with van der Waals surface area (Å²) >= 11 is 2.21. The number of nitrogens with zero attached hydrogens (tertiary/aromatic N) is 3. The first-order valence-electron chi connectivity index (χ1n) is 3.64. The van der Waals surface area contributed by atoms with Crippen LogP contribution in [0.1, 0.15) is 5.69 Å². The van der Waals surface area contributed by atoms with Crippen LogP contribution in [0.5, 0.6) is 0 Å². The van der Waals surface area contributed by atoms with Crippen LogP contribution >= 0.6 is 22.6 Å². The van der Waals surface area contributed by atoms with Gasteiger partial charge in [-0.1, -0.05) is 0 Å². The number of fused-ring (bicyclic) bond motifs is 1. The number of hydrogen-bond acceptors (Lipinski definition) is 2. The van der Waals surface area contributed by atoms with Gasteiger partial charge in [-0.2, -0.15) is 5.10 Å². The van der Waals surface area contributed by atoms with Crippen LogP contribution in [0.3, 0.4) is 0 Å². The van der Waals surface area contributed by atoms with E-state index in [0.29, 0.717) is 0 Å². The highest BCUT2D eigenvalue weighted by atomic mass is 127. The monoisotopic (exact) mass is 273 g/mol. The molecule has 0 amide bonds. The molecule has 0 aliphatic carbocycles. The van der Waals surface area contributed by atoms with E-state index >= 15 is 0 Å². The number of aromatic nitrogens is 3. The predicted molar refractivity (Wildman–Crippen MR) is 56.0 cm³/mol. The summed E-state index contributed by atoms with van der Waals surface area (Å²) < 4.78 is 2.87. The molecule has 0 saturated heterocycles. The van der Waals surface area contributed by atoms with Gasteiger partial charge in [0.1, 0.15) is 9.22 Å². The van der Waals surface area contributed by atoms with Crippen molar-refractivity contribution in [3.63, 3.8) is 0 Å². The largest absolute Gasteiger partial charge is 0.266 e. The summed E-state index contributed by atoms with van der Waals surface area (Å²) in [5, 5.41) is 4.28. The molecule has 0 radical (unpaired) electrons. The van der Waals surface area contributed by atoms with Gasteiger partial charge in [0.15, 0.2) is 0 Å². The third-order valence-electron chi connectivity index (χ3n) is 1.83. The smallest absolute Gasteiger partial charge is 0.112 e. The summed E-state index contributed by atoms with van der Waals surface area (Å²) in [6.07, 6.45) is 0. The van der Waals surface area contributed by atoms with Crippen molar-refractivity contribution >= 4 is 33.6 Å². The highest BCUT2D eigenvalue weighted by Gasteiger charge is 2.05. The van der Waals surface area contributed by atoms with Gasteiger partial charge in [0, 0.05) is 7.05 Å². The van der Waals surface area contributed by atoms with Gasteiger partial charge in [-0.15, -0.1) is 0 Å². The van der Waals surface area contributed by atoms with E-state index in [2.05, 4.69) is 32.7 Å². The quantitative estimate of drug-likeness (QED) is 0.542. The van der Waals surface area contributed by atoms with Gasteiger partial charge in [0.2, 0.25) is 0 Å². The first-order chi connectivity index (χ1) is 5.68. The molecule has 2 rings (SSSR count). The Morgan fingerprint density at radius 2 is 2.17 bits per heavy atom. The Hall–Kier alpha value is -0.650. The van der Waals surface area contributed by atoms with E-state index in [0.717, 1.165) is 20.4 Å². The van der Waals surface area contributed by atoms with Crippen molar-refractivity contribution < 1.29 is 0 Å². The molecule has 0 aromatic carbocycles. The first-order valence-corrected chi connectivity index (χ1v) is 4.72. The minimum Gasteiger partial charge on any atom is -0.266 e. The van der Waals surface area contributed by atoms with Crippen LogP contribution in [0.15, 0.2) is 12.1 Å². The SMILES string of the molecule is Cc1nn(C)c2ccc(I)nc12. The summed E-state index contributed by atoms with van der Waals surface area (Å²) in [4.78, 5) is 4.40. The summed E-state index contributed by atoms with van der Waals surface area (Å²) in [5.41, 5.74) is 3.09. The molecule has 0 unspecified atom stereocenters. The van der Waals surface area contributed by atoms with Gasteiger partial charge < -0.3 is 0 Å². The van der Waals surface area contributed by atoms with E-state index in [-0.39, 0.29) is 0 Å². The van der Waals surface area contributed by atoms with Crippen LogP contribution in [-0.4, -0.2) is 14.8 Å². The molecule has 3 nitrogen and oxygen atoms in total. The Balaban J connectivity index is 2.90. The summed E-state index contributed by atoms with van der Waals surface area (Å²) in [6.45, 7) is 1.98. The van der Waals surface area contributed by atoms with Crippen LogP contribution < -0.4 is 0 Å². The summed E-state index contributed by atoms with van der Waals surface area (Å²) in [6, 6.07) is 4.04. The Morgan fingerprint density at radius 3 is 2.92 bits per heavy atom. The topological polar surface area (TPSA) is 30.7 Å². The van der Waals surface area contributed by atoms with Crippen molar-refractivity contribution in [2.45, 2.75) is 6.92 Å². The average molecular weight is 273 g/mol. The summed E-state index contributed by atoms with van der Waals surface area (Å²) in [5.74, 6) is 0. The third kappa shape index (κ3) is 1.10. The second-order valence-corrected chi connectivity index (χ2v) is 3.82. The second-order valence-electron chi connectivity index (χ2n) is 2.71. The molecule has 0 N–H and O–H groups in total. The van der Waals surface area contributed by atoms with Crippen molar-refractivity contribution in [3.8, 4) is 0 Å².